The molecule has 1 fully saturated rings. The highest BCUT2D eigenvalue weighted by atomic mass is 16.4. The number of nitrogens with one attached hydrogen (secondary N) is 2. The monoisotopic (exact) mass is 270 g/mol. The summed E-state index contributed by atoms with van der Waals surface area (Å²) in [6, 6.07) is -0.460. The summed E-state index contributed by atoms with van der Waals surface area (Å²) >= 11 is 0. The lowest BCUT2D eigenvalue weighted by Crippen LogP contribution is -2.50. The molecule has 3 N–H and O–H groups in total. The average molecular weight is 270 g/mol. The highest BCUT2D eigenvalue weighted by Gasteiger charge is 2.26. The summed E-state index contributed by atoms with van der Waals surface area (Å²) in [7, 11) is 0. The average Bonchev–Trinajstić information content (AvgIpc) is 2.26. The molecule has 0 aromatic rings. The van der Waals surface area contributed by atoms with Gasteiger partial charge in [-0.15, -0.1) is 0 Å². The number of piperidine rings is 1. The maximum atomic E-state index is 12.1. The molecule has 1 amide bonds. The van der Waals surface area contributed by atoms with Crippen LogP contribution in [0, 0.1) is 5.41 Å². The maximum Gasteiger partial charge on any atom is 0.305 e. The van der Waals surface area contributed by atoms with Crippen LogP contribution in [-0.4, -0.2) is 35.6 Å². The number of aliphatic carboxylic acids is 1. The first-order chi connectivity index (χ1) is 8.78. The Balaban J connectivity index is 2.54. The first-order valence-corrected chi connectivity index (χ1v) is 7.03. The van der Waals surface area contributed by atoms with Gasteiger partial charge in [0.2, 0.25) is 5.91 Å². The molecular weight excluding hydrogens is 244 g/mol. The van der Waals surface area contributed by atoms with E-state index < -0.39 is 5.97 Å². The molecule has 1 heterocycles. The third-order valence-corrected chi connectivity index (χ3v) is 3.25. The van der Waals surface area contributed by atoms with E-state index in [1.165, 1.54) is 0 Å². The Labute approximate surface area is 115 Å². The molecule has 0 aromatic heterocycles. The normalized spacial score (nSPS) is 21.7. The van der Waals surface area contributed by atoms with Crippen molar-refractivity contribution in [2.75, 3.05) is 6.54 Å². The first-order valence-electron chi connectivity index (χ1n) is 7.03. The Bertz CT molecular complexity index is 317. The molecule has 1 aliphatic rings. The van der Waals surface area contributed by atoms with Crippen LogP contribution in [-0.2, 0) is 9.59 Å². The van der Waals surface area contributed by atoms with Crippen LogP contribution in [0.15, 0.2) is 0 Å². The molecule has 5 nitrogen and oxygen atoms in total. The van der Waals surface area contributed by atoms with Crippen molar-refractivity contribution in [2.45, 2.75) is 65.0 Å². The molecule has 0 radical (unpaired) electrons. The number of hydrogen-bond acceptors (Lipinski definition) is 3. The van der Waals surface area contributed by atoms with Gasteiger partial charge in [0.25, 0.3) is 0 Å². The van der Waals surface area contributed by atoms with Gasteiger partial charge >= 0.3 is 5.97 Å². The molecule has 2 atom stereocenters. The molecule has 1 rings (SSSR count). The maximum absolute atomic E-state index is 12.1. The van der Waals surface area contributed by atoms with E-state index in [2.05, 4.69) is 10.6 Å². The summed E-state index contributed by atoms with van der Waals surface area (Å²) in [6.07, 6.45) is 3.63. The largest absolute Gasteiger partial charge is 0.481 e. The highest BCUT2D eigenvalue weighted by Crippen LogP contribution is 2.22. The van der Waals surface area contributed by atoms with Crippen molar-refractivity contribution in [2.24, 2.45) is 5.41 Å². The molecule has 1 saturated heterocycles. The van der Waals surface area contributed by atoms with Crippen molar-refractivity contribution in [3.05, 3.63) is 0 Å². The molecule has 1 unspecified atom stereocenters. The van der Waals surface area contributed by atoms with Gasteiger partial charge < -0.3 is 15.7 Å². The number of hydrogen-bond donors (Lipinski definition) is 3. The Morgan fingerprint density at radius 2 is 2.05 bits per heavy atom. The fourth-order valence-corrected chi connectivity index (χ4v) is 2.50. The molecule has 0 saturated carbocycles. The van der Waals surface area contributed by atoms with Crippen molar-refractivity contribution >= 4 is 11.9 Å². The van der Waals surface area contributed by atoms with Crippen LogP contribution in [0.4, 0.5) is 0 Å². The third-order valence-electron chi connectivity index (χ3n) is 3.25. The van der Waals surface area contributed by atoms with Gasteiger partial charge in [-0.05, 0) is 31.2 Å². The molecular formula is C14H26N2O3. The number of carbonyl (C=O) groups is 2. The van der Waals surface area contributed by atoms with Crippen molar-refractivity contribution in [1.82, 2.24) is 10.6 Å². The van der Waals surface area contributed by atoms with E-state index in [-0.39, 0.29) is 29.8 Å². The smallest absolute Gasteiger partial charge is 0.305 e. The van der Waals surface area contributed by atoms with E-state index >= 15 is 0 Å². The lowest BCUT2D eigenvalue weighted by molar-refractivity contribution is -0.138. The molecule has 19 heavy (non-hydrogen) atoms. The minimum atomic E-state index is -0.869. The van der Waals surface area contributed by atoms with Gasteiger partial charge in [0.1, 0.15) is 0 Å². The van der Waals surface area contributed by atoms with Crippen molar-refractivity contribution < 1.29 is 14.7 Å². The fourth-order valence-electron chi connectivity index (χ4n) is 2.50. The van der Waals surface area contributed by atoms with Crippen LogP contribution < -0.4 is 10.6 Å². The molecule has 110 valence electrons. The van der Waals surface area contributed by atoms with E-state index in [4.69, 9.17) is 5.11 Å². The Kier molecular flexibility index (Phi) is 5.79. The van der Waals surface area contributed by atoms with Gasteiger partial charge in [-0.25, -0.2) is 0 Å². The van der Waals surface area contributed by atoms with Gasteiger partial charge in [0.15, 0.2) is 0 Å². The van der Waals surface area contributed by atoms with Crippen molar-refractivity contribution in [3.8, 4) is 0 Å². The molecule has 0 bridgehead atoms. The summed E-state index contributed by atoms with van der Waals surface area (Å²) < 4.78 is 0. The SMILES string of the molecule is CC(C)(C)CC(CC(=O)O)NC(=O)[C@H]1CCCCN1. The summed E-state index contributed by atoms with van der Waals surface area (Å²) in [6.45, 7) is 7.01. The Morgan fingerprint density at radius 3 is 2.53 bits per heavy atom. The van der Waals surface area contributed by atoms with Crippen molar-refractivity contribution in [1.29, 1.82) is 0 Å². The minimum Gasteiger partial charge on any atom is -0.481 e. The van der Waals surface area contributed by atoms with Gasteiger partial charge in [-0.3, -0.25) is 9.59 Å². The number of rotatable bonds is 5. The number of amides is 1. The zero-order chi connectivity index (χ0) is 14.5. The lowest BCUT2D eigenvalue weighted by atomic mass is 9.86. The van der Waals surface area contributed by atoms with Crippen molar-refractivity contribution in [3.63, 3.8) is 0 Å². The van der Waals surface area contributed by atoms with Crippen LogP contribution in [0.1, 0.15) is 52.9 Å². The predicted molar refractivity (Wildman–Crippen MR) is 73.9 cm³/mol. The molecule has 1 aliphatic heterocycles. The van der Waals surface area contributed by atoms with E-state index in [1.54, 1.807) is 0 Å². The van der Waals surface area contributed by atoms with E-state index in [1.807, 2.05) is 20.8 Å². The van der Waals surface area contributed by atoms with Gasteiger partial charge in [-0.2, -0.15) is 0 Å². The molecule has 0 spiro atoms. The first kappa shape index (κ1) is 16.0. The van der Waals surface area contributed by atoms with Gasteiger partial charge in [0, 0.05) is 6.04 Å². The standard InChI is InChI=1S/C14H26N2O3/c1-14(2,3)9-10(8-12(17)18)16-13(19)11-6-4-5-7-15-11/h10-11,15H,4-9H2,1-3H3,(H,16,19)(H,17,18)/t10?,11-/m1/s1. The Hall–Kier alpha value is -1.10. The van der Waals surface area contributed by atoms with Crippen LogP contribution >= 0.6 is 0 Å². The van der Waals surface area contributed by atoms with Crippen LogP contribution in [0.2, 0.25) is 0 Å². The number of carboxylic acid groups (broad SMARTS) is 1. The van der Waals surface area contributed by atoms with Crippen LogP contribution in [0.25, 0.3) is 0 Å². The number of carbonyl (C=O) groups excluding carboxylic acids is 1. The second-order valence-corrected chi connectivity index (χ2v) is 6.57. The fraction of sp³-hybridized carbons (Fsp3) is 0.857. The molecule has 0 aromatic carbocycles. The third kappa shape index (κ3) is 6.57. The van der Waals surface area contributed by atoms with E-state index in [9.17, 15) is 9.59 Å². The highest BCUT2D eigenvalue weighted by molar-refractivity contribution is 5.82. The lowest BCUT2D eigenvalue weighted by Gasteiger charge is -2.29. The summed E-state index contributed by atoms with van der Waals surface area (Å²) in [4.78, 5) is 23.0. The number of carboxylic acids is 1. The molecule has 0 aliphatic carbocycles. The van der Waals surface area contributed by atoms with Crippen LogP contribution in [0.5, 0.6) is 0 Å². The van der Waals surface area contributed by atoms with E-state index in [0.29, 0.717) is 6.42 Å². The zero-order valence-electron chi connectivity index (χ0n) is 12.2. The summed E-state index contributed by atoms with van der Waals surface area (Å²) in [5.41, 5.74) is -0.00656. The van der Waals surface area contributed by atoms with E-state index in [0.717, 1.165) is 25.8 Å². The quantitative estimate of drug-likeness (QED) is 0.708. The second kappa shape index (κ2) is 6.89. The van der Waals surface area contributed by atoms with Gasteiger partial charge in [0.05, 0.1) is 12.5 Å². The zero-order valence-corrected chi connectivity index (χ0v) is 12.2. The molecule has 5 heteroatoms. The predicted octanol–water partition coefficient (Wildman–Crippen LogP) is 1.52. The summed E-state index contributed by atoms with van der Waals surface area (Å²) in [5, 5.41) is 15.0. The minimum absolute atomic E-state index is 0.00656. The van der Waals surface area contributed by atoms with Gasteiger partial charge in [-0.1, -0.05) is 27.2 Å². The Morgan fingerprint density at radius 1 is 1.37 bits per heavy atom. The van der Waals surface area contributed by atoms with Crippen LogP contribution in [0.3, 0.4) is 0 Å². The topological polar surface area (TPSA) is 78.4 Å². The summed E-state index contributed by atoms with van der Waals surface area (Å²) in [5.74, 6) is -0.929. The second-order valence-electron chi connectivity index (χ2n) is 6.57.